The topological polar surface area (TPSA) is 38.7 Å². The molecule has 0 unspecified atom stereocenters. The first-order valence-corrected chi connectivity index (χ1v) is 8.69. The lowest BCUT2D eigenvalue weighted by atomic mass is 9.86. The third-order valence-corrected chi connectivity index (χ3v) is 3.66. The van der Waals surface area contributed by atoms with Crippen LogP contribution in [0.5, 0.6) is 11.5 Å². The molecule has 0 bridgehead atoms. The Morgan fingerprint density at radius 1 is 0.600 bits per heavy atom. The summed E-state index contributed by atoms with van der Waals surface area (Å²) in [7, 11) is 0. The molecule has 0 spiro atoms. The van der Waals surface area contributed by atoms with Gasteiger partial charge < -0.3 is 14.6 Å². The van der Waals surface area contributed by atoms with Crippen LogP contribution in [0.4, 0.5) is 0 Å². The van der Waals surface area contributed by atoms with Gasteiger partial charge in [0.1, 0.15) is 28.3 Å². The highest BCUT2D eigenvalue weighted by molar-refractivity contribution is 5.49. The molecule has 0 heterocycles. The normalized spacial score (nSPS) is 12.8. The molecule has 2 rings (SSSR count). The zero-order chi connectivity index (χ0) is 18.9. The lowest BCUT2D eigenvalue weighted by Gasteiger charge is -2.32. The van der Waals surface area contributed by atoms with Gasteiger partial charge in [0.25, 0.3) is 0 Å². The predicted molar refractivity (Wildman–Crippen MR) is 102 cm³/mol. The van der Waals surface area contributed by atoms with Gasteiger partial charge in [-0.05, 0) is 60.6 Å². The van der Waals surface area contributed by atoms with Crippen LogP contribution in [0.2, 0.25) is 0 Å². The Hall–Kier alpha value is -2.00. The number of benzene rings is 2. The Labute approximate surface area is 151 Å². The van der Waals surface area contributed by atoms with Crippen molar-refractivity contribution in [3.8, 4) is 11.5 Å². The maximum atomic E-state index is 11.5. The van der Waals surface area contributed by atoms with E-state index >= 15 is 0 Å². The molecule has 0 amide bonds. The van der Waals surface area contributed by atoms with Crippen molar-refractivity contribution in [1.82, 2.24) is 0 Å². The van der Waals surface area contributed by atoms with Gasteiger partial charge in [-0.25, -0.2) is 0 Å². The minimum Gasteiger partial charge on any atom is -0.488 e. The molecule has 3 nitrogen and oxygen atoms in total. The molecule has 0 aliphatic carbocycles. The molecule has 1 N–H and O–H groups in total. The monoisotopic (exact) mass is 342 g/mol. The number of hydrogen-bond donors (Lipinski definition) is 1. The molecule has 0 radical (unpaired) electrons. The molecule has 0 atom stereocenters. The first-order chi connectivity index (χ1) is 11.4. The highest BCUT2D eigenvalue weighted by Gasteiger charge is 2.33. The first-order valence-electron chi connectivity index (χ1n) is 8.69. The van der Waals surface area contributed by atoms with Crippen LogP contribution in [0.1, 0.15) is 59.6 Å². The highest BCUT2D eigenvalue weighted by atomic mass is 16.5. The fourth-order valence-electron chi connectivity index (χ4n) is 2.72. The van der Waals surface area contributed by atoms with E-state index in [1.54, 1.807) is 6.92 Å². The van der Waals surface area contributed by atoms with Crippen molar-refractivity contribution in [2.75, 3.05) is 0 Å². The maximum Gasteiger partial charge on any atom is 0.126 e. The molecule has 0 aliphatic rings. The summed E-state index contributed by atoms with van der Waals surface area (Å²) in [5, 5.41) is 11.5. The van der Waals surface area contributed by atoms with Crippen molar-refractivity contribution in [3.05, 3.63) is 59.7 Å². The van der Waals surface area contributed by atoms with E-state index in [9.17, 15) is 5.11 Å². The average molecular weight is 342 g/mol. The summed E-state index contributed by atoms with van der Waals surface area (Å²) in [5.41, 5.74) is -0.518. The number of rotatable bonds is 4. The molecule has 0 saturated heterocycles. The van der Waals surface area contributed by atoms with Gasteiger partial charge in [-0.15, -0.1) is 0 Å². The van der Waals surface area contributed by atoms with E-state index in [0.717, 1.165) is 11.1 Å². The zero-order valence-corrected chi connectivity index (χ0v) is 16.4. The van der Waals surface area contributed by atoms with Gasteiger partial charge in [0.2, 0.25) is 0 Å². The van der Waals surface area contributed by atoms with Gasteiger partial charge in [-0.2, -0.15) is 0 Å². The van der Waals surface area contributed by atoms with E-state index in [4.69, 9.17) is 9.47 Å². The number of ether oxygens (including phenoxy) is 2. The molecule has 3 heteroatoms. The quantitative estimate of drug-likeness (QED) is 0.820. The Balaban J connectivity index is 2.54. The van der Waals surface area contributed by atoms with Crippen molar-refractivity contribution in [2.24, 2.45) is 0 Å². The van der Waals surface area contributed by atoms with Crippen molar-refractivity contribution in [1.29, 1.82) is 0 Å². The Bertz CT molecular complexity index is 657. The van der Waals surface area contributed by atoms with E-state index in [1.807, 2.05) is 90.1 Å². The second kappa shape index (κ2) is 6.72. The molecule has 2 aromatic carbocycles. The van der Waals surface area contributed by atoms with Crippen LogP contribution in [-0.2, 0) is 5.60 Å². The van der Waals surface area contributed by atoms with Gasteiger partial charge in [0.05, 0.1) is 0 Å². The van der Waals surface area contributed by atoms with E-state index in [2.05, 4.69) is 0 Å². The maximum absolute atomic E-state index is 11.5. The largest absolute Gasteiger partial charge is 0.488 e. The zero-order valence-electron chi connectivity index (χ0n) is 16.4. The molecular formula is C22H30O3. The van der Waals surface area contributed by atoms with Crippen LogP contribution in [0.25, 0.3) is 0 Å². The molecule has 0 fully saturated rings. The lowest BCUT2D eigenvalue weighted by molar-refractivity contribution is 0.0735. The van der Waals surface area contributed by atoms with Crippen molar-refractivity contribution >= 4 is 0 Å². The van der Waals surface area contributed by atoms with E-state index in [-0.39, 0.29) is 11.2 Å². The van der Waals surface area contributed by atoms with Crippen LogP contribution in [0.3, 0.4) is 0 Å². The minimum absolute atomic E-state index is 0.354. The molecule has 0 saturated carbocycles. The average Bonchev–Trinajstić information content (AvgIpc) is 2.44. The Morgan fingerprint density at radius 2 is 0.920 bits per heavy atom. The minimum atomic E-state index is -1.25. The van der Waals surface area contributed by atoms with Gasteiger partial charge in [-0.1, -0.05) is 36.4 Å². The molecule has 136 valence electrons. The van der Waals surface area contributed by atoms with Crippen molar-refractivity contribution in [3.63, 3.8) is 0 Å². The molecular weight excluding hydrogens is 312 g/mol. The van der Waals surface area contributed by atoms with E-state index in [0.29, 0.717) is 11.5 Å². The predicted octanol–water partition coefficient (Wildman–Crippen LogP) is 5.30. The van der Waals surface area contributed by atoms with Gasteiger partial charge in [0, 0.05) is 11.1 Å². The fourth-order valence-corrected chi connectivity index (χ4v) is 2.72. The van der Waals surface area contributed by atoms with Gasteiger partial charge in [-0.3, -0.25) is 0 Å². The summed E-state index contributed by atoms with van der Waals surface area (Å²) in [6.45, 7) is 13.8. The summed E-state index contributed by atoms with van der Waals surface area (Å²) in [6.07, 6.45) is 0. The summed E-state index contributed by atoms with van der Waals surface area (Å²) >= 11 is 0. The number of para-hydroxylation sites is 2. The summed E-state index contributed by atoms with van der Waals surface area (Å²) < 4.78 is 12.2. The van der Waals surface area contributed by atoms with Crippen molar-refractivity contribution in [2.45, 2.75) is 65.3 Å². The smallest absolute Gasteiger partial charge is 0.126 e. The highest BCUT2D eigenvalue weighted by Crippen LogP contribution is 2.41. The first kappa shape index (κ1) is 19.3. The fraction of sp³-hybridized carbons (Fsp3) is 0.455. The second-order valence-corrected chi connectivity index (χ2v) is 8.49. The third-order valence-electron chi connectivity index (χ3n) is 3.66. The summed E-state index contributed by atoms with van der Waals surface area (Å²) in [4.78, 5) is 0. The molecule has 0 aromatic heterocycles. The Kier molecular flexibility index (Phi) is 5.19. The van der Waals surface area contributed by atoms with E-state index in [1.165, 1.54) is 0 Å². The van der Waals surface area contributed by atoms with Crippen LogP contribution in [0, 0.1) is 0 Å². The van der Waals surface area contributed by atoms with Crippen LogP contribution in [0.15, 0.2) is 48.5 Å². The summed E-state index contributed by atoms with van der Waals surface area (Å²) in [5.74, 6) is 1.34. The Morgan fingerprint density at radius 3 is 1.24 bits per heavy atom. The van der Waals surface area contributed by atoms with Crippen LogP contribution in [-0.4, -0.2) is 16.3 Å². The second-order valence-electron chi connectivity index (χ2n) is 8.49. The SMILES string of the molecule is CC(C)(C)Oc1ccccc1C(C)(O)c1ccccc1OC(C)(C)C. The molecule has 0 aliphatic heterocycles. The lowest BCUT2D eigenvalue weighted by Crippen LogP contribution is -2.30. The molecule has 25 heavy (non-hydrogen) atoms. The standard InChI is InChI=1S/C22H30O3/c1-20(2,3)24-18-14-10-8-12-16(18)22(7,23)17-13-9-11-15-19(17)25-21(4,5)6/h8-15,23H,1-7H3. The van der Waals surface area contributed by atoms with Crippen LogP contribution < -0.4 is 9.47 Å². The van der Waals surface area contributed by atoms with E-state index < -0.39 is 5.60 Å². The van der Waals surface area contributed by atoms with Gasteiger partial charge in [0.15, 0.2) is 0 Å². The molecule has 2 aromatic rings. The number of hydrogen-bond acceptors (Lipinski definition) is 3. The number of aliphatic hydroxyl groups is 1. The summed E-state index contributed by atoms with van der Waals surface area (Å²) in [6, 6.07) is 15.2. The third kappa shape index (κ3) is 4.99. The van der Waals surface area contributed by atoms with Crippen LogP contribution >= 0.6 is 0 Å². The van der Waals surface area contributed by atoms with Crippen molar-refractivity contribution < 1.29 is 14.6 Å². The van der Waals surface area contributed by atoms with Gasteiger partial charge >= 0.3 is 0 Å².